The number of carbonyl (C=O) groups is 3. The number of carboxylic acid groups (broad SMARTS) is 1. The SMILES string of the molecule is Cc1cc(C(=O)N(C)C)cc(C)c1C(=O)NC(Cc1ccc(N2CCC(CNc3ccccn3)CC2)cc1)C(=O)O. The van der Waals surface area contributed by atoms with Crippen molar-refractivity contribution in [1.29, 1.82) is 0 Å². The van der Waals surface area contributed by atoms with Crippen LogP contribution in [0.25, 0.3) is 0 Å². The monoisotopic (exact) mass is 557 g/mol. The topological polar surface area (TPSA) is 115 Å². The second-order valence-electron chi connectivity index (χ2n) is 10.9. The number of carbonyl (C=O) groups excluding carboxylic acids is 2. The quantitative estimate of drug-likeness (QED) is 0.343. The summed E-state index contributed by atoms with van der Waals surface area (Å²) in [5, 5.41) is 16.0. The maximum atomic E-state index is 13.1. The van der Waals surface area contributed by atoms with Crippen LogP contribution in [0.15, 0.2) is 60.8 Å². The van der Waals surface area contributed by atoms with E-state index in [0.717, 1.165) is 49.5 Å². The first kappa shape index (κ1) is 29.6. The van der Waals surface area contributed by atoms with Crippen molar-refractivity contribution >= 4 is 29.3 Å². The van der Waals surface area contributed by atoms with Crippen LogP contribution in [-0.2, 0) is 11.2 Å². The molecular formula is C32H39N5O4. The van der Waals surface area contributed by atoms with Crippen LogP contribution < -0.4 is 15.5 Å². The largest absolute Gasteiger partial charge is 0.480 e. The van der Waals surface area contributed by atoms with Gasteiger partial charge >= 0.3 is 5.97 Å². The number of anilines is 2. The molecule has 0 spiro atoms. The maximum absolute atomic E-state index is 13.1. The van der Waals surface area contributed by atoms with E-state index in [-0.39, 0.29) is 12.3 Å². The van der Waals surface area contributed by atoms with Gasteiger partial charge in [0, 0.05) is 63.2 Å². The van der Waals surface area contributed by atoms with Crippen molar-refractivity contribution in [3.63, 3.8) is 0 Å². The van der Waals surface area contributed by atoms with Crippen molar-refractivity contribution in [1.82, 2.24) is 15.2 Å². The van der Waals surface area contributed by atoms with Gasteiger partial charge in [-0.1, -0.05) is 18.2 Å². The summed E-state index contributed by atoms with van der Waals surface area (Å²) < 4.78 is 0. The normalized spacial score (nSPS) is 14.3. The molecule has 0 radical (unpaired) electrons. The first-order valence-corrected chi connectivity index (χ1v) is 14.0. The highest BCUT2D eigenvalue weighted by Gasteiger charge is 2.25. The van der Waals surface area contributed by atoms with Crippen LogP contribution in [-0.4, -0.2) is 72.5 Å². The van der Waals surface area contributed by atoms with Gasteiger partial charge in [0.25, 0.3) is 11.8 Å². The third kappa shape index (κ3) is 7.63. The van der Waals surface area contributed by atoms with E-state index in [1.807, 2.05) is 42.5 Å². The lowest BCUT2D eigenvalue weighted by atomic mass is 9.96. The van der Waals surface area contributed by atoms with Crippen molar-refractivity contribution < 1.29 is 19.5 Å². The summed E-state index contributed by atoms with van der Waals surface area (Å²) in [6.07, 6.45) is 4.12. The van der Waals surface area contributed by atoms with Crippen LogP contribution in [0.4, 0.5) is 11.5 Å². The summed E-state index contributed by atoms with van der Waals surface area (Å²) in [4.78, 5) is 45.7. The number of aliphatic carboxylic acids is 1. The molecule has 1 aliphatic rings. The molecule has 1 aromatic heterocycles. The second kappa shape index (κ2) is 13.3. The van der Waals surface area contributed by atoms with Crippen LogP contribution >= 0.6 is 0 Å². The Morgan fingerprint density at radius 2 is 1.68 bits per heavy atom. The smallest absolute Gasteiger partial charge is 0.326 e. The second-order valence-corrected chi connectivity index (χ2v) is 10.9. The number of hydrogen-bond donors (Lipinski definition) is 3. The predicted octanol–water partition coefficient (Wildman–Crippen LogP) is 4.15. The van der Waals surface area contributed by atoms with Gasteiger partial charge in [-0.2, -0.15) is 0 Å². The molecule has 216 valence electrons. The summed E-state index contributed by atoms with van der Waals surface area (Å²) in [6.45, 7) is 6.33. The summed E-state index contributed by atoms with van der Waals surface area (Å²) >= 11 is 0. The zero-order valence-corrected chi connectivity index (χ0v) is 24.2. The third-order valence-electron chi connectivity index (χ3n) is 7.61. The Labute approximate surface area is 241 Å². The Bertz CT molecular complexity index is 1340. The van der Waals surface area contributed by atoms with Crippen molar-refractivity contribution in [3.8, 4) is 0 Å². The summed E-state index contributed by atoms with van der Waals surface area (Å²) in [7, 11) is 3.34. The van der Waals surface area contributed by atoms with Crippen molar-refractivity contribution in [2.45, 2.75) is 39.2 Å². The highest BCUT2D eigenvalue weighted by Crippen LogP contribution is 2.25. The third-order valence-corrected chi connectivity index (χ3v) is 7.61. The van der Waals surface area contributed by atoms with Crippen molar-refractivity contribution in [2.24, 2.45) is 5.92 Å². The number of carboxylic acids is 1. The van der Waals surface area contributed by atoms with Crippen LogP contribution in [0, 0.1) is 19.8 Å². The Balaban J connectivity index is 1.33. The molecule has 2 heterocycles. The fraction of sp³-hybridized carbons (Fsp3) is 0.375. The minimum atomic E-state index is -1.10. The summed E-state index contributed by atoms with van der Waals surface area (Å²) in [6, 6.07) is 16.0. The van der Waals surface area contributed by atoms with Gasteiger partial charge in [-0.3, -0.25) is 9.59 Å². The van der Waals surface area contributed by atoms with E-state index >= 15 is 0 Å². The molecule has 1 saturated heterocycles. The lowest BCUT2D eigenvalue weighted by Gasteiger charge is -2.34. The standard InChI is InChI=1S/C32H39N5O4/c1-21-17-25(31(39)36(3)4)18-22(2)29(21)30(38)35-27(32(40)41)19-23-8-10-26(11-9-23)37-15-12-24(13-16-37)20-34-28-7-5-6-14-33-28/h5-11,14,17-18,24,27H,12-13,15-16,19-20H2,1-4H3,(H,33,34)(H,35,38)(H,40,41). The van der Waals surface area contributed by atoms with Gasteiger partial charge in [-0.15, -0.1) is 0 Å². The van der Waals surface area contributed by atoms with E-state index in [1.54, 1.807) is 46.3 Å². The van der Waals surface area contributed by atoms with E-state index in [2.05, 4.69) is 20.5 Å². The molecular weight excluding hydrogens is 518 g/mol. The number of aryl methyl sites for hydroxylation is 2. The molecule has 1 atom stereocenters. The van der Waals surface area contributed by atoms with E-state index in [9.17, 15) is 19.5 Å². The summed E-state index contributed by atoms with van der Waals surface area (Å²) in [5.74, 6) is -0.228. The van der Waals surface area contributed by atoms with E-state index in [1.165, 1.54) is 4.90 Å². The van der Waals surface area contributed by atoms with Gasteiger partial charge in [-0.05, 0) is 85.7 Å². The van der Waals surface area contributed by atoms with Crippen molar-refractivity contribution in [3.05, 3.63) is 88.6 Å². The average molecular weight is 558 g/mol. The molecule has 3 N–H and O–H groups in total. The van der Waals surface area contributed by atoms with Gasteiger partial charge in [0.2, 0.25) is 0 Å². The maximum Gasteiger partial charge on any atom is 0.326 e. The molecule has 1 fully saturated rings. The number of rotatable bonds is 10. The minimum absolute atomic E-state index is 0.156. The Kier molecular flexibility index (Phi) is 9.60. The fourth-order valence-electron chi connectivity index (χ4n) is 5.32. The first-order chi connectivity index (χ1) is 19.6. The zero-order chi connectivity index (χ0) is 29.5. The van der Waals surface area contributed by atoms with E-state index in [0.29, 0.717) is 28.2 Å². The lowest BCUT2D eigenvalue weighted by molar-refractivity contribution is -0.139. The van der Waals surface area contributed by atoms with E-state index < -0.39 is 17.9 Å². The number of aromatic nitrogens is 1. The number of amides is 2. The molecule has 0 aliphatic carbocycles. The molecule has 1 unspecified atom stereocenters. The molecule has 0 bridgehead atoms. The number of piperidine rings is 1. The molecule has 1 aliphatic heterocycles. The Morgan fingerprint density at radius 1 is 1.02 bits per heavy atom. The molecule has 4 rings (SSSR count). The first-order valence-electron chi connectivity index (χ1n) is 14.0. The lowest BCUT2D eigenvalue weighted by Crippen LogP contribution is -2.42. The van der Waals surface area contributed by atoms with Crippen LogP contribution in [0.3, 0.4) is 0 Å². The van der Waals surface area contributed by atoms with Gasteiger partial charge < -0.3 is 25.5 Å². The average Bonchev–Trinajstić information content (AvgIpc) is 2.96. The van der Waals surface area contributed by atoms with Gasteiger partial charge in [0.15, 0.2) is 0 Å². The summed E-state index contributed by atoms with van der Waals surface area (Å²) in [5.41, 5.74) is 4.06. The van der Waals surface area contributed by atoms with Crippen LogP contribution in [0.1, 0.15) is 50.2 Å². The van der Waals surface area contributed by atoms with Crippen molar-refractivity contribution in [2.75, 3.05) is 43.9 Å². The molecule has 41 heavy (non-hydrogen) atoms. The molecule has 9 nitrogen and oxygen atoms in total. The Morgan fingerprint density at radius 3 is 2.24 bits per heavy atom. The number of benzene rings is 2. The fourth-order valence-corrected chi connectivity index (χ4v) is 5.32. The zero-order valence-electron chi connectivity index (χ0n) is 24.2. The van der Waals surface area contributed by atoms with Gasteiger partial charge in [0.05, 0.1) is 0 Å². The molecule has 2 aromatic carbocycles. The Hall–Kier alpha value is -4.40. The van der Waals surface area contributed by atoms with Crippen LogP contribution in [0.5, 0.6) is 0 Å². The number of hydrogen-bond acceptors (Lipinski definition) is 6. The highest BCUT2D eigenvalue weighted by molar-refractivity contribution is 6.01. The minimum Gasteiger partial charge on any atom is -0.480 e. The number of pyridine rings is 1. The highest BCUT2D eigenvalue weighted by atomic mass is 16.4. The van der Waals surface area contributed by atoms with E-state index in [4.69, 9.17) is 0 Å². The van der Waals surface area contributed by atoms with Crippen LogP contribution in [0.2, 0.25) is 0 Å². The number of nitrogens with zero attached hydrogens (tertiary/aromatic N) is 3. The molecule has 2 amide bonds. The van der Waals surface area contributed by atoms with Gasteiger partial charge in [0.1, 0.15) is 11.9 Å². The van der Waals surface area contributed by atoms with Gasteiger partial charge in [-0.25, -0.2) is 9.78 Å². The molecule has 9 heteroatoms. The molecule has 0 saturated carbocycles. The predicted molar refractivity (Wildman–Crippen MR) is 161 cm³/mol. The molecule has 3 aromatic rings. The number of nitrogens with one attached hydrogen (secondary N) is 2.